The first-order valence-electron chi connectivity index (χ1n) is 9.80. The largest absolute Gasteiger partial charge is 0.309 e. The number of fused-ring (bicyclic) bond motifs is 5. The number of rotatable bonds is 1. The van der Waals surface area contributed by atoms with Gasteiger partial charge in [-0.05, 0) is 68.3 Å². The first kappa shape index (κ1) is 16.8. The summed E-state index contributed by atoms with van der Waals surface area (Å²) in [5.74, 6) is 0. The highest BCUT2D eigenvalue weighted by Crippen LogP contribution is 2.50. The maximum absolute atomic E-state index is 2.41. The third-order valence-electron chi connectivity index (χ3n) is 5.59. The maximum atomic E-state index is 2.41. The predicted octanol–water partition coefficient (Wildman–Crippen LogP) is 7.73. The lowest BCUT2D eigenvalue weighted by atomic mass is 9.93. The van der Waals surface area contributed by atoms with Crippen molar-refractivity contribution >= 4 is 17.1 Å². The third kappa shape index (κ3) is 2.63. The van der Waals surface area contributed by atoms with Gasteiger partial charge < -0.3 is 4.90 Å². The highest BCUT2D eigenvalue weighted by atomic mass is 15.1. The zero-order valence-corrected chi connectivity index (χ0v) is 16.5. The van der Waals surface area contributed by atoms with Crippen molar-refractivity contribution in [2.75, 3.05) is 4.90 Å². The molecule has 1 heterocycles. The van der Waals surface area contributed by atoms with Crippen LogP contribution in [0.15, 0.2) is 84.9 Å². The van der Waals surface area contributed by atoms with E-state index < -0.39 is 0 Å². The van der Waals surface area contributed by atoms with Crippen LogP contribution in [0.4, 0.5) is 17.1 Å². The molecule has 0 saturated carbocycles. The standard InChI is InChI=1S/C27H23N/c1-18-8-12-21(13-9-18)28-26-14-10-19(2)16-24(26)22-6-4-5-7-23(22)25-17-20(3)11-15-27(25)28/h4-17H,1-3H3. The van der Waals surface area contributed by atoms with Crippen molar-refractivity contribution in [2.24, 2.45) is 0 Å². The van der Waals surface area contributed by atoms with Crippen LogP contribution in [-0.4, -0.2) is 0 Å². The minimum Gasteiger partial charge on any atom is -0.309 e. The van der Waals surface area contributed by atoms with Gasteiger partial charge in [-0.1, -0.05) is 65.2 Å². The molecule has 4 aromatic rings. The van der Waals surface area contributed by atoms with Gasteiger partial charge in [0.1, 0.15) is 0 Å². The molecule has 0 aliphatic carbocycles. The summed E-state index contributed by atoms with van der Waals surface area (Å²) in [6.45, 7) is 6.47. The van der Waals surface area contributed by atoms with Crippen LogP contribution in [0.2, 0.25) is 0 Å². The van der Waals surface area contributed by atoms with E-state index in [2.05, 4.69) is 111 Å². The Bertz CT molecular complexity index is 1110. The smallest absolute Gasteiger partial charge is 0.0540 e. The predicted molar refractivity (Wildman–Crippen MR) is 120 cm³/mol. The van der Waals surface area contributed by atoms with E-state index in [1.165, 1.54) is 56.0 Å². The zero-order chi connectivity index (χ0) is 19.3. The van der Waals surface area contributed by atoms with Crippen LogP contribution < -0.4 is 4.90 Å². The van der Waals surface area contributed by atoms with Gasteiger partial charge in [0.05, 0.1) is 11.4 Å². The van der Waals surface area contributed by atoms with Gasteiger partial charge in [0.2, 0.25) is 0 Å². The Morgan fingerprint density at radius 1 is 0.464 bits per heavy atom. The minimum absolute atomic E-state index is 1.19. The van der Waals surface area contributed by atoms with Crippen molar-refractivity contribution in [3.8, 4) is 22.3 Å². The molecular weight excluding hydrogens is 338 g/mol. The molecule has 0 atom stereocenters. The zero-order valence-electron chi connectivity index (χ0n) is 16.5. The topological polar surface area (TPSA) is 3.24 Å². The molecule has 0 fully saturated rings. The van der Waals surface area contributed by atoms with E-state index in [0.717, 1.165) is 0 Å². The molecule has 5 rings (SSSR count). The number of aryl methyl sites for hydroxylation is 3. The molecular formula is C27H23N. The van der Waals surface area contributed by atoms with Gasteiger partial charge in [0, 0.05) is 16.8 Å². The second kappa shape index (κ2) is 6.38. The van der Waals surface area contributed by atoms with E-state index in [4.69, 9.17) is 0 Å². The average molecular weight is 361 g/mol. The molecule has 0 spiro atoms. The van der Waals surface area contributed by atoms with E-state index in [1.807, 2.05) is 0 Å². The quantitative estimate of drug-likeness (QED) is 0.295. The Morgan fingerprint density at radius 2 is 0.929 bits per heavy atom. The van der Waals surface area contributed by atoms with Crippen molar-refractivity contribution in [3.05, 3.63) is 102 Å². The lowest BCUT2D eigenvalue weighted by molar-refractivity contribution is 1.27. The van der Waals surface area contributed by atoms with Crippen molar-refractivity contribution in [2.45, 2.75) is 20.8 Å². The fourth-order valence-electron chi connectivity index (χ4n) is 4.18. The number of hydrogen-bond donors (Lipinski definition) is 0. The molecule has 4 aromatic carbocycles. The van der Waals surface area contributed by atoms with Crippen LogP contribution in [0.1, 0.15) is 16.7 Å². The molecule has 0 saturated heterocycles. The molecule has 0 N–H and O–H groups in total. The average Bonchev–Trinajstić information content (AvgIpc) is 2.82. The first-order valence-corrected chi connectivity index (χ1v) is 9.80. The van der Waals surface area contributed by atoms with E-state index >= 15 is 0 Å². The van der Waals surface area contributed by atoms with Crippen molar-refractivity contribution in [1.82, 2.24) is 0 Å². The Morgan fingerprint density at radius 3 is 1.43 bits per heavy atom. The summed E-state index contributed by atoms with van der Waals surface area (Å²) in [5.41, 5.74) is 12.6. The molecule has 0 unspecified atom stereocenters. The molecule has 0 amide bonds. The van der Waals surface area contributed by atoms with Crippen LogP contribution in [0.5, 0.6) is 0 Å². The molecule has 28 heavy (non-hydrogen) atoms. The SMILES string of the molecule is Cc1ccc(N2c3ccc(C)cc3-c3ccccc3-c3cc(C)ccc32)cc1. The van der Waals surface area contributed by atoms with Crippen molar-refractivity contribution in [1.29, 1.82) is 0 Å². The van der Waals surface area contributed by atoms with Gasteiger partial charge in [-0.2, -0.15) is 0 Å². The number of anilines is 3. The van der Waals surface area contributed by atoms with E-state index in [-0.39, 0.29) is 0 Å². The van der Waals surface area contributed by atoms with Gasteiger partial charge >= 0.3 is 0 Å². The van der Waals surface area contributed by atoms with Crippen molar-refractivity contribution in [3.63, 3.8) is 0 Å². The number of hydrogen-bond acceptors (Lipinski definition) is 1. The first-order chi connectivity index (χ1) is 13.6. The fraction of sp³-hybridized carbons (Fsp3) is 0.111. The molecule has 0 aromatic heterocycles. The van der Waals surface area contributed by atoms with Crippen LogP contribution in [0.3, 0.4) is 0 Å². The Kier molecular flexibility index (Phi) is 3.84. The number of benzene rings is 4. The van der Waals surface area contributed by atoms with E-state index in [9.17, 15) is 0 Å². The Labute approximate surface area is 166 Å². The fourth-order valence-corrected chi connectivity index (χ4v) is 4.18. The summed E-state index contributed by atoms with van der Waals surface area (Å²) in [5, 5.41) is 0. The molecule has 1 aliphatic heterocycles. The van der Waals surface area contributed by atoms with Crippen molar-refractivity contribution < 1.29 is 0 Å². The Hall–Kier alpha value is -3.32. The van der Waals surface area contributed by atoms with E-state index in [1.54, 1.807) is 0 Å². The summed E-state index contributed by atoms with van der Waals surface area (Å²) >= 11 is 0. The molecule has 0 radical (unpaired) electrons. The summed E-state index contributed by atoms with van der Waals surface area (Å²) in [6.07, 6.45) is 0. The van der Waals surface area contributed by atoms with Crippen LogP contribution in [-0.2, 0) is 0 Å². The lowest BCUT2D eigenvalue weighted by Gasteiger charge is -2.27. The highest BCUT2D eigenvalue weighted by Gasteiger charge is 2.25. The summed E-state index contributed by atoms with van der Waals surface area (Å²) in [4.78, 5) is 2.41. The van der Waals surface area contributed by atoms with Crippen LogP contribution in [0.25, 0.3) is 22.3 Å². The molecule has 1 heteroatoms. The van der Waals surface area contributed by atoms with E-state index in [0.29, 0.717) is 0 Å². The molecule has 1 aliphatic rings. The van der Waals surface area contributed by atoms with Crippen LogP contribution >= 0.6 is 0 Å². The van der Waals surface area contributed by atoms with Gasteiger partial charge in [-0.25, -0.2) is 0 Å². The van der Waals surface area contributed by atoms with Gasteiger partial charge in [-0.3, -0.25) is 0 Å². The highest BCUT2D eigenvalue weighted by molar-refractivity contribution is 6.02. The van der Waals surface area contributed by atoms with Gasteiger partial charge in [-0.15, -0.1) is 0 Å². The normalized spacial score (nSPS) is 12.0. The summed E-state index contributed by atoms with van der Waals surface area (Å²) in [7, 11) is 0. The second-order valence-corrected chi connectivity index (χ2v) is 7.76. The summed E-state index contributed by atoms with van der Waals surface area (Å²) in [6, 6.07) is 31.2. The molecule has 1 nitrogen and oxygen atoms in total. The molecule has 136 valence electrons. The summed E-state index contributed by atoms with van der Waals surface area (Å²) < 4.78 is 0. The van der Waals surface area contributed by atoms with Gasteiger partial charge in [0.25, 0.3) is 0 Å². The number of nitrogens with zero attached hydrogens (tertiary/aromatic N) is 1. The van der Waals surface area contributed by atoms with Crippen LogP contribution in [0, 0.1) is 20.8 Å². The van der Waals surface area contributed by atoms with Gasteiger partial charge in [0.15, 0.2) is 0 Å². The maximum Gasteiger partial charge on any atom is 0.0540 e. The molecule has 0 bridgehead atoms. The second-order valence-electron chi connectivity index (χ2n) is 7.76. The Balaban J connectivity index is 1.91. The minimum atomic E-state index is 1.19. The lowest BCUT2D eigenvalue weighted by Crippen LogP contribution is -2.11. The third-order valence-corrected chi connectivity index (χ3v) is 5.59. The monoisotopic (exact) mass is 361 g/mol.